The number of pyridine rings is 1. The van der Waals surface area contributed by atoms with Crippen molar-refractivity contribution in [2.24, 2.45) is 7.05 Å². The highest BCUT2D eigenvalue weighted by atomic mass is 35.5. The maximum absolute atomic E-state index is 6.67. The van der Waals surface area contributed by atoms with E-state index in [0.29, 0.717) is 0 Å². The molecule has 3 rings (SSSR count). The van der Waals surface area contributed by atoms with Gasteiger partial charge in [0.15, 0.2) is 0 Å². The van der Waals surface area contributed by atoms with Gasteiger partial charge in [0.1, 0.15) is 16.7 Å². The van der Waals surface area contributed by atoms with Crippen molar-refractivity contribution in [2.75, 3.05) is 18.0 Å². The van der Waals surface area contributed by atoms with Gasteiger partial charge in [-0.25, -0.2) is 4.98 Å². The van der Waals surface area contributed by atoms with Crippen LogP contribution in [0, 0.1) is 20.8 Å². The summed E-state index contributed by atoms with van der Waals surface area (Å²) >= 11 is 6.67. The van der Waals surface area contributed by atoms with Crippen molar-refractivity contribution >= 4 is 28.3 Å². The van der Waals surface area contributed by atoms with Gasteiger partial charge in [0.2, 0.25) is 0 Å². The van der Waals surface area contributed by atoms with Crippen LogP contribution in [0.4, 0.5) is 5.69 Å². The molecule has 0 atom stereocenters. The van der Waals surface area contributed by atoms with E-state index in [1.807, 2.05) is 17.8 Å². The minimum absolute atomic E-state index is 0.737. The van der Waals surface area contributed by atoms with Crippen LogP contribution in [0.2, 0.25) is 5.02 Å². The molecular formula is C24H33ClN4. The summed E-state index contributed by atoms with van der Waals surface area (Å²) < 4.78 is 1.98. The number of rotatable bonds is 8. The molecule has 5 heteroatoms. The summed E-state index contributed by atoms with van der Waals surface area (Å²) in [4.78, 5) is 7.43. The lowest BCUT2D eigenvalue weighted by Crippen LogP contribution is -2.26. The number of anilines is 1. The first-order chi connectivity index (χ1) is 13.9. The quantitative estimate of drug-likeness (QED) is 0.416. The van der Waals surface area contributed by atoms with Crippen LogP contribution >= 0.6 is 11.6 Å². The number of aromatic nitrogens is 3. The first kappa shape index (κ1) is 21.6. The molecule has 0 amide bonds. The maximum atomic E-state index is 6.67. The lowest BCUT2D eigenvalue weighted by molar-refractivity contribution is 0.676. The molecule has 0 aliphatic carbocycles. The number of hydrogen-bond acceptors (Lipinski definition) is 3. The van der Waals surface area contributed by atoms with Crippen molar-refractivity contribution in [1.29, 1.82) is 0 Å². The molecule has 2 heterocycles. The minimum atomic E-state index is 0.737. The number of nitrogens with zero attached hydrogens (tertiary/aromatic N) is 4. The molecule has 0 radical (unpaired) electrons. The Morgan fingerprint density at radius 2 is 1.66 bits per heavy atom. The van der Waals surface area contributed by atoms with Crippen LogP contribution in [-0.2, 0) is 7.05 Å². The molecule has 0 saturated heterocycles. The average molecular weight is 413 g/mol. The number of benzene rings is 1. The zero-order valence-electron chi connectivity index (χ0n) is 18.6. The van der Waals surface area contributed by atoms with Gasteiger partial charge in [-0.2, -0.15) is 5.10 Å². The van der Waals surface area contributed by atoms with E-state index in [1.165, 1.54) is 31.4 Å². The molecule has 0 saturated carbocycles. The van der Waals surface area contributed by atoms with Crippen molar-refractivity contribution in [2.45, 2.75) is 60.3 Å². The predicted molar refractivity (Wildman–Crippen MR) is 125 cm³/mol. The summed E-state index contributed by atoms with van der Waals surface area (Å²) in [5.74, 6) is 0. The Kier molecular flexibility index (Phi) is 6.84. The van der Waals surface area contributed by atoms with Gasteiger partial charge in [-0.05, 0) is 56.9 Å². The molecule has 0 aliphatic heterocycles. The number of fused-ring (bicyclic) bond motifs is 1. The number of aryl methyl sites for hydroxylation is 4. The van der Waals surface area contributed by atoms with Crippen LogP contribution < -0.4 is 4.90 Å². The van der Waals surface area contributed by atoms with Crippen LogP contribution in [0.3, 0.4) is 0 Å². The summed E-state index contributed by atoms with van der Waals surface area (Å²) in [6.07, 6.45) is 4.73. The van der Waals surface area contributed by atoms with Gasteiger partial charge in [0.25, 0.3) is 0 Å². The van der Waals surface area contributed by atoms with Crippen LogP contribution in [0.15, 0.2) is 18.2 Å². The summed E-state index contributed by atoms with van der Waals surface area (Å²) in [5, 5.41) is 5.64. The zero-order valence-corrected chi connectivity index (χ0v) is 19.4. The molecule has 1 aromatic carbocycles. The Labute approximate surface area is 179 Å². The Hall–Kier alpha value is -2.07. The number of halogens is 1. The molecule has 4 nitrogen and oxygen atoms in total. The van der Waals surface area contributed by atoms with Crippen LogP contribution in [0.25, 0.3) is 22.3 Å². The highest BCUT2D eigenvalue weighted by Gasteiger charge is 2.22. The van der Waals surface area contributed by atoms with E-state index >= 15 is 0 Å². The van der Waals surface area contributed by atoms with E-state index < -0.39 is 0 Å². The lowest BCUT2D eigenvalue weighted by Gasteiger charge is -2.26. The third kappa shape index (κ3) is 4.42. The van der Waals surface area contributed by atoms with Crippen molar-refractivity contribution in [1.82, 2.24) is 14.8 Å². The van der Waals surface area contributed by atoms with Crippen molar-refractivity contribution in [3.63, 3.8) is 0 Å². The van der Waals surface area contributed by atoms with Gasteiger partial charge in [0, 0.05) is 31.4 Å². The van der Waals surface area contributed by atoms with Crippen LogP contribution in [0.1, 0.15) is 56.4 Å². The fourth-order valence-electron chi connectivity index (χ4n) is 4.06. The predicted octanol–water partition coefficient (Wildman–Crippen LogP) is 6.62. The van der Waals surface area contributed by atoms with Crippen LogP contribution in [0.5, 0.6) is 0 Å². The SMILES string of the molecule is CCCCN(CCCC)c1cc(C)nc2c(-c3c(C)cc(C)cc3Cl)nn(C)c12. The molecule has 29 heavy (non-hydrogen) atoms. The smallest absolute Gasteiger partial charge is 0.120 e. The Bertz CT molecular complexity index is 975. The van der Waals surface area contributed by atoms with E-state index in [1.54, 1.807) is 0 Å². The summed E-state index contributed by atoms with van der Waals surface area (Å²) in [6.45, 7) is 12.8. The Balaban J connectivity index is 2.23. The van der Waals surface area contributed by atoms with Crippen molar-refractivity contribution in [3.8, 4) is 11.3 Å². The third-order valence-corrected chi connectivity index (χ3v) is 5.77. The molecule has 0 bridgehead atoms. The summed E-state index contributed by atoms with van der Waals surface area (Å²) in [6, 6.07) is 6.38. The molecule has 156 valence electrons. The Morgan fingerprint density at radius 1 is 1.00 bits per heavy atom. The fraction of sp³-hybridized carbons (Fsp3) is 0.500. The van der Waals surface area contributed by atoms with Crippen molar-refractivity contribution in [3.05, 3.63) is 40.0 Å². The van der Waals surface area contributed by atoms with Crippen molar-refractivity contribution < 1.29 is 0 Å². The molecule has 3 aromatic rings. The van der Waals surface area contributed by atoms with Gasteiger partial charge in [-0.15, -0.1) is 0 Å². The number of unbranched alkanes of at least 4 members (excludes halogenated alkanes) is 2. The number of hydrogen-bond donors (Lipinski definition) is 0. The van der Waals surface area contributed by atoms with Gasteiger partial charge < -0.3 is 4.90 Å². The lowest BCUT2D eigenvalue weighted by atomic mass is 10.0. The molecule has 0 unspecified atom stereocenters. The average Bonchev–Trinajstić information content (AvgIpc) is 2.96. The first-order valence-electron chi connectivity index (χ1n) is 10.7. The molecule has 0 aliphatic rings. The molecular weight excluding hydrogens is 380 g/mol. The van der Waals surface area contributed by atoms with Gasteiger partial charge >= 0.3 is 0 Å². The zero-order chi connectivity index (χ0) is 21.1. The minimum Gasteiger partial charge on any atom is -0.370 e. The summed E-state index contributed by atoms with van der Waals surface area (Å²) in [5.41, 5.74) is 8.43. The standard InChI is InChI=1S/C24H33ClN4/c1-7-9-11-29(12-10-8-2)20-15-18(5)26-23-22(27-28(6)24(20)23)21-17(4)13-16(3)14-19(21)25/h13-15H,7-12H2,1-6H3. The largest absolute Gasteiger partial charge is 0.370 e. The van der Waals surface area contributed by atoms with E-state index in [4.69, 9.17) is 21.7 Å². The van der Waals surface area contributed by atoms with Gasteiger partial charge in [0.05, 0.1) is 10.7 Å². The second-order valence-electron chi connectivity index (χ2n) is 8.08. The molecule has 0 spiro atoms. The topological polar surface area (TPSA) is 34.0 Å². The van der Waals surface area contributed by atoms with Crippen LogP contribution in [-0.4, -0.2) is 27.9 Å². The maximum Gasteiger partial charge on any atom is 0.120 e. The normalized spacial score (nSPS) is 11.4. The highest BCUT2D eigenvalue weighted by Crippen LogP contribution is 2.38. The van der Waals surface area contributed by atoms with Gasteiger partial charge in [-0.1, -0.05) is 44.4 Å². The second-order valence-corrected chi connectivity index (χ2v) is 8.49. The van der Waals surface area contributed by atoms with E-state index in [0.717, 1.165) is 57.2 Å². The van der Waals surface area contributed by atoms with E-state index in [2.05, 4.69) is 51.7 Å². The van der Waals surface area contributed by atoms with Gasteiger partial charge in [-0.3, -0.25) is 4.68 Å². The Morgan fingerprint density at radius 3 is 2.24 bits per heavy atom. The third-order valence-electron chi connectivity index (χ3n) is 5.47. The van der Waals surface area contributed by atoms with E-state index in [9.17, 15) is 0 Å². The molecule has 0 N–H and O–H groups in total. The molecule has 0 fully saturated rings. The fourth-order valence-corrected chi connectivity index (χ4v) is 4.47. The monoisotopic (exact) mass is 412 g/mol. The molecule has 2 aromatic heterocycles. The summed E-state index contributed by atoms with van der Waals surface area (Å²) in [7, 11) is 2.02. The van der Waals surface area contributed by atoms with E-state index in [-0.39, 0.29) is 0 Å². The second kappa shape index (κ2) is 9.17. The first-order valence-corrected chi connectivity index (χ1v) is 11.1. The highest BCUT2D eigenvalue weighted by molar-refractivity contribution is 6.34.